The van der Waals surface area contributed by atoms with Crippen LogP contribution in [0.2, 0.25) is 0 Å². The van der Waals surface area contributed by atoms with Crippen molar-refractivity contribution in [3.63, 3.8) is 0 Å². The van der Waals surface area contributed by atoms with Crippen LogP contribution in [-0.4, -0.2) is 31.2 Å². The van der Waals surface area contributed by atoms with Gasteiger partial charge in [0.15, 0.2) is 5.82 Å². The van der Waals surface area contributed by atoms with Gasteiger partial charge < -0.3 is 0 Å². The number of fused-ring (bicyclic) bond motifs is 1. The second-order valence-corrected chi connectivity index (χ2v) is 7.15. The molecule has 0 saturated carbocycles. The molecule has 0 saturated heterocycles. The summed E-state index contributed by atoms with van der Waals surface area (Å²) in [6.07, 6.45) is 5.16. The third-order valence-electron chi connectivity index (χ3n) is 4.52. The van der Waals surface area contributed by atoms with E-state index in [1.807, 2.05) is 16.9 Å². The van der Waals surface area contributed by atoms with Crippen LogP contribution in [0.15, 0.2) is 29.9 Å². The smallest absolute Gasteiger partial charge is 0.169 e. The summed E-state index contributed by atoms with van der Waals surface area (Å²) in [5.74, 6) is 0.859. The molecule has 3 aromatic rings. The molecular formula is C18H21N5S. The molecule has 0 unspecified atom stereocenters. The fourth-order valence-corrected chi connectivity index (χ4v) is 3.82. The van der Waals surface area contributed by atoms with Crippen LogP contribution in [0.3, 0.4) is 0 Å². The van der Waals surface area contributed by atoms with Crippen molar-refractivity contribution in [1.29, 1.82) is 0 Å². The molecule has 4 rings (SSSR count). The first-order valence-corrected chi connectivity index (χ1v) is 9.25. The van der Waals surface area contributed by atoms with Gasteiger partial charge in [0, 0.05) is 56.1 Å². The first kappa shape index (κ1) is 15.5. The molecule has 3 aromatic heterocycles. The molecule has 0 atom stereocenters. The number of hydrogen-bond acceptors (Lipinski definition) is 5. The minimum Gasteiger partial charge on any atom is -0.294 e. The fraction of sp³-hybridized carbons (Fsp3) is 0.389. The molecule has 0 N–H and O–H groups in total. The van der Waals surface area contributed by atoms with Crippen LogP contribution in [0.1, 0.15) is 29.4 Å². The van der Waals surface area contributed by atoms with Gasteiger partial charge in [0.25, 0.3) is 0 Å². The van der Waals surface area contributed by atoms with E-state index >= 15 is 0 Å². The lowest BCUT2D eigenvalue weighted by Gasteiger charge is -2.27. The highest BCUT2D eigenvalue weighted by atomic mass is 32.1. The number of rotatable bonds is 4. The minimum absolute atomic E-state index is 0.859. The summed E-state index contributed by atoms with van der Waals surface area (Å²) < 4.78 is 2.01. The Kier molecular flexibility index (Phi) is 4.16. The molecule has 4 heterocycles. The van der Waals surface area contributed by atoms with E-state index in [-0.39, 0.29) is 0 Å². The zero-order valence-electron chi connectivity index (χ0n) is 14.1. The predicted octanol–water partition coefficient (Wildman–Crippen LogP) is 3.29. The summed E-state index contributed by atoms with van der Waals surface area (Å²) in [7, 11) is 0. The van der Waals surface area contributed by atoms with Crippen molar-refractivity contribution < 1.29 is 0 Å². The molecule has 5 nitrogen and oxygen atoms in total. The zero-order valence-corrected chi connectivity index (χ0v) is 14.9. The van der Waals surface area contributed by atoms with Crippen LogP contribution in [-0.2, 0) is 26.1 Å². The van der Waals surface area contributed by atoms with Crippen LogP contribution < -0.4 is 0 Å². The summed E-state index contributed by atoms with van der Waals surface area (Å²) in [5, 5.41) is 6.61. The Morgan fingerprint density at radius 2 is 2.25 bits per heavy atom. The lowest BCUT2D eigenvalue weighted by molar-refractivity contribution is 0.242. The normalized spacial score (nSPS) is 14.8. The van der Waals surface area contributed by atoms with Gasteiger partial charge in [-0.05, 0) is 25.3 Å². The Morgan fingerprint density at radius 1 is 1.33 bits per heavy atom. The largest absolute Gasteiger partial charge is 0.294 e. The highest BCUT2D eigenvalue weighted by Gasteiger charge is 2.20. The predicted molar refractivity (Wildman–Crippen MR) is 95.8 cm³/mol. The highest BCUT2D eigenvalue weighted by molar-refractivity contribution is 7.13. The topological polar surface area (TPSA) is 46.8 Å². The standard InChI is InChI=1S/C18H21N5S/c1-3-23-12-15(13(2)21-23)11-22-7-6-16-14(10-22)9-19-18(20-16)17-5-4-8-24-17/h4-5,8-9,12H,3,6-7,10-11H2,1-2H3. The number of hydrogen-bond donors (Lipinski definition) is 0. The van der Waals surface area contributed by atoms with Gasteiger partial charge in [-0.1, -0.05) is 6.07 Å². The maximum absolute atomic E-state index is 4.79. The minimum atomic E-state index is 0.859. The third-order valence-corrected chi connectivity index (χ3v) is 5.39. The summed E-state index contributed by atoms with van der Waals surface area (Å²) >= 11 is 1.69. The van der Waals surface area contributed by atoms with E-state index in [0.29, 0.717) is 0 Å². The zero-order chi connectivity index (χ0) is 16.5. The SMILES string of the molecule is CCn1cc(CN2CCc3nc(-c4cccs4)ncc3C2)c(C)n1. The van der Waals surface area contributed by atoms with Gasteiger partial charge in [-0.15, -0.1) is 11.3 Å². The summed E-state index contributed by atoms with van der Waals surface area (Å²) in [6, 6.07) is 4.12. The highest BCUT2D eigenvalue weighted by Crippen LogP contribution is 2.25. The Morgan fingerprint density at radius 3 is 3.00 bits per heavy atom. The van der Waals surface area contributed by atoms with E-state index in [0.717, 1.165) is 49.0 Å². The van der Waals surface area contributed by atoms with Crippen molar-refractivity contribution in [2.45, 2.75) is 39.9 Å². The van der Waals surface area contributed by atoms with Gasteiger partial charge in [0.1, 0.15) is 0 Å². The molecule has 0 fully saturated rings. The van der Waals surface area contributed by atoms with E-state index < -0.39 is 0 Å². The summed E-state index contributed by atoms with van der Waals surface area (Å²) in [6.45, 7) is 8.02. The molecule has 6 heteroatoms. The van der Waals surface area contributed by atoms with E-state index in [1.165, 1.54) is 16.8 Å². The Labute approximate surface area is 146 Å². The van der Waals surface area contributed by atoms with Crippen molar-refractivity contribution in [3.05, 3.63) is 52.4 Å². The first-order chi connectivity index (χ1) is 11.7. The van der Waals surface area contributed by atoms with E-state index in [9.17, 15) is 0 Å². The maximum Gasteiger partial charge on any atom is 0.169 e. The summed E-state index contributed by atoms with van der Waals surface area (Å²) in [5.41, 5.74) is 4.90. The number of aromatic nitrogens is 4. The monoisotopic (exact) mass is 339 g/mol. The average Bonchev–Trinajstić information content (AvgIpc) is 3.25. The molecule has 0 bridgehead atoms. The van der Waals surface area contributed by atoms with Crippen LogP contribution in [0.5, 0.6) is 0 Å². The lowest BCUT2D eigenvalue weighted by atomic mass is 10.1. The third kappa shape index (κ3) is 2.99. The first-order valence-electron chi connectivity index (χ1n) is 8.37. The number of aryl methyl sites for hydroxylation is 2. The van der Waals surface area contributed by atoms with Crippen LogP contribution >= 0.6 is 11.3 Å². The van der Waals surface area contributed by atoms with Crippen molar-refractivity contribution in [3.8, 4) is 10.7 Å². The van der Waals surface area contributed by atoms with Gasteiger partial charge in [-0.3, -0.25) is 9.58 Å². The molecule has 0 radical (unpaired) electrons. The molecule has 1 aliphatic heterocycles. The number of nitrogens with zero attached hydrogens (tertiary/aromatic N) is 5. The van der Waals surface area contributed by atoms with Crippen molar-refractivity contribution in [2.75, 3.05) is 6.54 Å². The molecule has 24 heavy (non-hydrogen) atoms. The maximum atomic E-state index is 4.79. The van der Waals surface area contributed by atoms with Crippen molar-refractivity contribution >= 4 is 11.3 Å². The van der Waals surface area contributed by atoms with Crippen molar-refractivity contribution in [2.24, 2.45) is 0 Å². The Bertz CT molecular complexity index is 837. The van der Waals surface area contributed by atoms with Gasteiger partial charge >= 0.3 is 0 Å². The molecule has 124 valence electrons. The number of thiophene rings is 1. The molecule has 0 aliphatic carbocycles. The van der Waals surface area contributed by atoms with E-state index in [1.54, 1.807) is 11.3 Å². The van der Waals surface area contributed by atoms with Gasteiger partial charge in [0.05, 0.1) is 16.3 Å². The molecule has 0 spiro atoms. The van der Waals surface area contributed by atoms with Gasteiger partial charge in [0.2, 0.25) is 0 Å². The van der Waals surface area contributed by atoms with E-state index in [4.69, 9.17) is 4.98 Å². The van der Waals surface area contributed by atoms with Crippen molar-refractivity contribution in [1.82, 2.24) is 24.6 Å². The molecule has 0 aromatic carbocycles. The fourth-order valence-electron chi connectivity index (χ4n) is 3.15. The Hall–Kier alpha value is -2.05. The average molecular weight is 339 g/mol. The van der Waals surface area contributed by atoms with Gasteiger partial charge in [-0.25, -0.2) is 9.97 Å². The molecular weight excluding hydrogens is 318 g/mol. The van der Waals surface area contributed by atoms with Crippen LogP contribution in [0, 0.1) is 6.92 Å². The van der Waals surface area contributed by atoms with Crippen LogP contribution in [0.4, 0.5) is 0 Å². The van der Waals surface area contributed by atoms with Crippen LogP contribution in [0.25, 0.3) is 10.7 Å². The quantitative estimate of drug-likeness (QED) is 0.732. The molecule has 1 aliphatic rings. The Balaban J connectivity index is 1.50. The molecule has 0 amide bonds. The second kappa shape index (κ2) is 6.45. The van der Waals surface area contributed by atoms with E-state index in [2.05, 4.69) is 46.5 Å². The van der Waals surface area contributed by atoms with Gasteiger partial charge in [-0.2, -0.15) is 5.10 Å². The lowest BCUT2D eigenvalue weighted by Crippen LogP contribution is -2.31. The second-order valence-electron chi connectivity index (χ2n) is 6.20. The summed E-state index contributed by atoms with van der Waals surface area (Å²) in [4.78, 5) is 13.0.